The van der Waals surface area contributed by atoms with E-state index in [1.54, 1.807) is 27.7 Å². The van der Waals surface area contributed by atoms with Gasteiger partial charge in [0.05, 0.1) is 24.2 Å². The molecule has 0 bridgehead atoms. The first kappa shape index (κ1) is 31.9. The van der Waals surface area contributed by atoms with Gasteiger partial charge in [-0.25, -0.2) is 0 Å². The highest BCUT2D eigenvalue weighted by Crippen LogP contribution is 2.34. The van der Waals surface area contributed by atoms with E-state index in [0.717, 1.165) is 0 Å². The first-order valence-corrected chi connectivity index (χ1v) is 13.5. The minimum Gasteiger partial charge on any atom is -0.459 e. The van der Waals surface area contributed by atoms with E-state index in [2.05, 4.69) is 0 Å². The van der Waals surface area contributed by atoms with Crippen LogP contribution in [0.15, 0.2) is 11.6 Å². The smallest absolute Gasteiger partial charge is 0.311 e. The van der Waals surface area contributed by atoms with E-state index in [-0.39, 0.29) is 29.8 Å². The summed E-state index contributed by atoms with van der Waals surface area (Å²) < 4.78 is 17.9. The molecule has 3 N–H and O–H groups in total. The summed E-state index contributed by atoms with van der Waals surface area (Å²) in [5, 5.41) is 33.2. The third-order valence-corrected chi connectivity index (χ3v) is 8.26. The molecule has 2 aliphatic heterocycles. The van der Waals surface area contributed by atoms with Crippen molar-refractivity contribution in [2.75, 3.05) is 14.1 Å². The van der Waals surface area contributed by atoms with E-state index in [1.807, 2.05) is 39.8 Å². The van der Waals surface area contributed by atoms with Crippen LogP contribution in [-0.4, -0.2) is 94.5 Å². The lowest BCUT2D eigenvalue weighted by Crippen LogP contribution is -2.56. The van der Waals surface area contributed by atoms with Crippen LogP contribution in [0.1, 0.15) is 68.2 Å². The average Bonchev–Trinajstić information content (AvgIpc) is 2.80. The van der Waals surface area contributed by atoms with Crippen LogP contribution < -0.4 is 0 Å². The SMILES string of the molecule is C/C1=C\[C@](C)(O)[C@@H](C)OC(=O)[C@H](C)C(O)[C@@H](C)C(OC2O[C@H](C)CC(N(C)C)C2O)[C@@H](C)C[C@@H](C)C1=O. The zero-order valence-electron chi connectivity index (χ0n) is 24.2. The lowest BCUT2D eigenvalue weighted by atomic mass is 9.79. The Bertz CT molecular complexity index is 827. The minimum absolute atomic E-state index is 0.127. The van der Waals surface area contributed by atoms with Crippen molar-refractivity contribution in [3.05, 3.63) is 11.6 Å². The van der Waals surface area contributed by atoms with Crippen LogP contribution in [0.25, 0.3) is 0 Å². The van der Waals surface area contributed by atoms with Crippen molar-refractivity contribution >= 4 is 11.8 Å². The van der Waals surface area contributed by atoms with Crippen molar-refractivity contribution in [1.82, 2.24) is 4.90 Å². The van der Waals surface area contributed by atoms with Gasteiger partial charge in [-0.3, -0.25) is 9.59 Å². The second kappa shape index (κ2) is 12.7. The first-order valence-electron chi connectivity index (χ1n) is 13.5. The number of Topliss-reactive ketones (excluding diaryl/α,β-unsaturated/α-hetero) is 1. The molecule has 1 fully saturated rings. The van der Waals surface area contributed by atoms with Gasteiger partial charge in [-0.1, -0.05) is 20.8 Å². The molecule has 0 aromatic heterocycles. The van der Waals surface area contributed by atoms with Crippen molar-refractivity contribution in [1.29, 1.82) is 0 Å². The van der Waals surface area contributed by atoms with Crippen LogP contribution in [0, 0.1) is 23.7 Å². The number of nitrogens with zero attached hydrogens (tertiary/aromatic N) is 1. The lowest BCUT2D eigenvalue weighted by molar-refractivity contribution is -0.283. The largest absolute Gasteiger partial charge is 0.459 e. The summed E-state index contributed by atoms with van der Waals surface area (Å²) in [5.41, 5.74) is -1.17. The van der Waals surface area contributed by atoms with Crippen molar-refractivity contribution in [3.8, 4) is 0 Å². The monoisotopic (exact) mass is 527 g/mol. The van der Waals surface area contributed by atoms with Gasteiger partial charge in [-0.2, -0.15) is 0 Å². The summed E-state index contributed by atoms with van der Waals surface area (Å²) in [5.74, 6) is -2.85. The van der Waals surface area contributed by atoms with Gasteiger partial charge < -0.3 is 34.4 Å². The Balaban J connectivity index is 2.45. The van der Waals surface area contributed by atoms with E-state index < -0.39 is 54.1 Å². The van der Waals surface area contributed by atoms with E-state index in [0.29, 0.717) is 18.4 Å². The van der Waals surface area contributed by atoms with Gasteiger partial charge in [-0.05, 0) is 79.1 Å². The average molecular weight is 528 g/mol. The number of ketones is 1. The maximum Gasteiger partial charge on any atom is 0.311 e. The second-order valence-electron chi connectivity index (χ2n) is 11.9. The highest BCUT2D eigenvalue weighted by Gasteiger charge is 2.44. The summed E-state index contributed by atoms with van der Waals surface area (Å²) in [6.07, 6.45) is -2.16. The molecule has 2 aliphatic rings. The summed E-state index contributed by atoms with van der Waals surface area (Å²) in [4.78, 5) is 28.1. The van der Waals surface area contributed by atoms with Crippen LogP contribution in [0.4, 0.5) is 0 Å². The topological polar surface area (TPSA) is 126 Å². The summed E-state index contributed by atoms with van der Waals surface area (Å²) in [6.45, 7) is 13.8. The number of esters is 1. The van der Waals surface area contributed by atoms with Crippen LogP contribution in [0.2, 0.25) is 0 Å². The number of hydrogen-bond donors (Lipinski definition) is 3. The number of carbonyl (C=O) groups excluding carboxylic acids is 2. The Labute approximate surface area is 222 Å². The van der Waals surface area contributed by atoms with Crippen LogP contribution in [-0.2, 0) is 23.8 Å². The van der Waals surface area contributed by atoms with Crippen LogP contribution in [0.5, 0.6) is 0 Å². The Morgan fingerprint density at radius 2 is 1.62 bits per heavy atom. The van der Waals surface area contributed by atoms with E-state index in [1.165, 1.54) is 13.0 Å². The Kier molecular flexibility index (Phi) is 10.9. The van der Waals surface area contributed by atoms with E-state index in [4.69, 9.17) is 14.2 Å². The second-order valence-corrected chi connectivity index (χ2v) is 11.9. The number of aliphatic hydroxyl groups excluding tert-OH is 2. The fourth-order valence-electron chi connectivity index (χ4n) is 5.59. The molecule has 1 saturated heterocycles. The summed E-state index contributed by atoms with van der Waals surface area (Å²) in [7, 11) is 3.79. The zero-order valence-corrected chi connectivity index (χ0v) is 24.2. The molecule has 9 nitrogen and oxygen atoms in total. The predicted octanol–water partition coefficient (Wildman–Crippen LogP) is 2.30. The van der Waals surface area contributed by atoms with Crippen molar-refractivity contribution in [2.24, 2.45) is 23.7 Å². The zero-order chi connectivity index (χ0) is 28.4. The summed E-state index contributed by atoms with van der Waals surface area (Å²) >= 11 is 0. The van der Waals surface area contributed by atoms with Crippen molar-refractivity contribution < 1.29 is 39.1 Å². The molecule has 0 amide bonds. The molecule has 9 heteroatoms. The Morgan fingerprint density at radius 3 is 2.19 bits per heavy atom. The van der Waals surface area contributed by atoms with Gasteiger partial charge in [0, 0.05) is 17.9 Å². The molecule has 0 spiro atoms. The molecule has 5 unspecified atom stereocenters. The van der Waals surface area contributed by atoms with E-state index >= 15 is 0 Å². The number of carbonyl (C=O) groups is 2. The molecule has 0 aliphatic carbocycles. The molecule has 2 rings (SSSR count). The Morgan fingerprint density at radius 1 is 1.03 bits per heavy atom. The molecule has 0 aromatic carbocycles. The number of allylic oxidation sites excluding steroid dienone is 1. The molecule has 0 radical (unpaired) electrons. The normalized spacial score (nSPS) is 46.6. The highest BCUT2D eigenvalue weighted by atomic mass is 16.7. The molecule has 0 saturated carbocycles. The Hall–Kier alpha value is -1.36. The van der Waals surface area contributed by atoms with Crippen LogP contribution >= 0.6 is 0 Å². The molecular weight excluding hydrogens is 478 g/mol. The lowest BCUT2D eigenvalue weighted by Gasteiger charge is -2.44. The van der Waals surface area contributed by atoms with E-state index in [9.17, 15) is 24.9 Å². The first-order chi connectivity index (χ1) is 17.0. The predicted molar refractivity (Wildman–Crippen MR) is 140 cm³/mol. The number of hydrogen-bond acceptors (Lipinski definition) is 9. The van der Waals surface area contributed by atoms with Crippen LogP contribution in [0.3, 0.4) is 0 Å². The molecule has 12 atom stereocenters. The van der Waals surface area contributed by atoms with Gasteiger partial charge in [0.1, 0.15) is 17.8 Å². The maximum absolute atomic E-state index is 13.2. The molecule has 2 heterocycles. The third-order valence-electron chi connectivity index (χ3n) is 8.26. The standard InChI is InChI=1S/C28H49NO8/c1-14-11-15(2)25(37-27-24(32)21(29(9)10)12-17(4)35-27)18(5)23(31)19(6)26(33)36-20(7)28(8,34)13-16(3)22(14)30/h13-15,17-21,23-25,27,31-32,34H,11-12H2,1-10H3/b16-13+/t14-,15+,17-,18-,19-,20-,21?,23?,24?,25?,27?,28+/m1/s1. The van der Waals surface area contributed by atoms with Crippen molar-refractivity contribution in [3.63, 3.8) is 0 Å². The summed E-state index contributed by atoms with van der Waals surface area (Å²) in [6, 6.07) is -0.167. The quantitative estimate of drug-likeness (QED) is 0.474. The third kappa shape index (κ3) is 7.61. The van der Waals surface area contributed by atoms with Gasteiger partial charge in [0.2, 0.25) is 0 Å². The minimum atomic E-state index is -1.55. The van der Waals surface area contributed by atoms with Gasteiger partial charge in [0.15, 0.2) is 12.1 Å². The molecular formula is C28H49NO8. The number of ether oxygens (including phenoxy) is 3. The van der Waals surface area contributed by atoms with Gasteiger partial charge >= 0.3 is 5.97 Å². The number of likely N-dealkylation sites (N-methyl/N-ethyl adjacent to an activating group) is 1. The fraction of sp³-hybridized carbons (Fsp3) is 0.857. The number of aliphatic hydroxyl groups is 3. The molecule has 214 valence electrons. The van der Waals surface area contributed by atoms with Gasteiger partial charge in [0.25, 0.3) is 0 Å². The fourth-order valence-corrected chi connectivity index (χ4v) is 5.59. The molecule has 0 aromatic rings. The molecule has 37 heavy (non-hydrogen) atoms. The van der Waals surface area contributed by atoms with Gasteiger partial charge in [-0.15, -0.1) is 0 Å². The van der Waals surface area contributed by atoms with Crippen molar-refractivity contribution in [2.45, 2.75) is 117 Å². The number of cyclic esters (lactones) is 1. The highest BCUT2D eigenvalue weighted by molar-refractivity contribution is 5.96. The number of rotatable bonds is 3. The maximum atomic E-state index is 13.2.